The highest BCUT2D eigenvalue weighted by atomic mass is 16.5. The Labute approximate surface area is 137 Å². The van der Waals surface area contributed by atoms with Gasteiger partial charge in [-0.1, -0.05) is 66.1 Å². The highest BCUT2D eigenvalue weighted by Gasteiger charge is 2.04. The maximum atomic E-state index is 5.93. The number of hydrogen-bond acceptors (Lipinski definition) is 2. The Hall–Kier alpha value is -2.87. The van der Waals surface area contributed by atoms with Crippen LogP contribution in [0, 0.1) is 5.92 Å². The maximum Gasteiger partial charge on any atom is 0.118 e. The molecule has 1 aliphatic rings. The lowest BCUT2D eigenvalue weighted by Gasteiger charge is -2.22. The summed E-state index contributed by atoms with van der Waals surface area (Å²) in [6.45, 7) is 0.515. The molecule has 0 aliphatic heterocycles. The summed E-state index contributed by atoms with van der Waals surface area (Å²) in [6, 6.07) is 17.9. The molecule has 0 radical (unpaired) electrons. The van der Waals surface area contributed by atoms with E-state index < -0.39 is 0 Å². The molecule has 0 aromatic heterocycles. The lowest BCUT2D eigenvalue weighted by Crippen LogP contribution is -2.10. The van der Waals surface area contributed by atoms with Gasteiger partial charge in [-0.15, -0.1) is 23.8 Å². The minimum atomic E-state index is 0.515. The highest BCUT2D eigenvalue weighted by molar-refractivity contribution is 5.49. The largest absolute Gasteiger partial charge is 0.498 e. The van der Waals surface area contributed by atoms with Gasteiger partial charge in [0.2, 0.25) is 0 Å². The second-order valence-electron chi connectivity index (χ2n) is 5.22. The van der Waals surface area contributed by atoms with E-state index in [1.165, 1.54) is 5.57 Å². The summed E-state index contributed by atoms with van der Waals surface area (Å²) in [5, 5.41) is 0. The summed E-state index contributed by atoms with van der Waals surface area (Å²) in [5.74, 6) is 2.85. The maximum absolute atomic E-state index is 5.93. The molecule has 3 rings (SSSR count). The Kier molecular flexibility index (Phi) is 4.85. The number of ether oxygens (including phenoxy) is 2. The normalized spacial score (nSPS) is 12.3. The van der Waals surface area contributed by atoms with Crippen LogP contribution in [0.4, 0.5) is 0 Å². The number of para-hydroxylation sites is 1. The summed E-state index contributed by atoms with van der Waals surface area (Å²) < 4.78 is 11.2. The van der Waals surface area contributed by atoms with E-state index in [9.17, 15) is 0 Å². The molecule has 0 bridgehead atoms. The lowest BCUT2D eigenvalue weighted by molar-refractivity contribution is 0.341. The van der Waals surface area contributed by atoms with Gasteiger partial charge in [0.1, 0.15) is 11.5 Å². The smallest absolute Gasteiger partial charge is 0.118 e. The van der Waals surface area contributed by atoms with Gasteiger partial charge in [0.05, 0.1) is 13.7 Å². The SMILES string of the molecule is COc1ccc([C-](C=C2C=CC=C2)COc2ccccc2)cc1. The van der Waals surface area contributed by atoms with Crippen LogP contribution in [0.1, 0.15) is 5.56 Å². The molecule has 0 fully saturated rings. The monoisotopic (exact) mass is 303 g/mol. The van der Waals surface area contributed by atoms with Crippen LogP contribution in [0.25, 0.3) is 0 Å². The predicted octanol–water partition coefficient (Wildman–Crippen LogP) is 4.75. The van der Waals surface area contributed by atoms with Crippen LogP contribution in [0.3, 0.4) is 0 Å². The minimum Gasteiger partial charge on any atom is -0.498 e. The van der Waals surface area contributed by atoms with Crippen LogP contribution in [-0.4, -0.2) is 13.7 Å². The van der Waals surface area contributed by atoms with Crippen molar-refractivity contribution in [1.82, 2.24) is 0 Å². The number of allylic oxidation sites excluding steroid dienone is 5. The van der Waals surface area contributed by atoms with Crippen molar-refractivity contribution in [2.45, 2.75) is 0 Å². The Bertz CT molecular complexity index is 695. The molecule has 116 valence electrons. The molecule has 2 aromatic rings. The second kappa shape index (κ2) is 7.41. The van der Waals surface area contributed by atoms with Gasteiger partial charge in [0.25, 0.3) is 0 Å². The number of benzene rings is 2. The van der Waals surface area contributed by atoms with Gasteiger partial charge in [-0.25, -0.2) is 0 Å². The van der Waals surface area contributed by atoms with E-state index >= 15 is 0 Å². The quantitative estimate of drug-likeness (QED) is 0.717. The van der Waals surface area contributed by atoms with Crippen molar-refractivity contribution in [1.29, 1.82) is 0 Å². The van der Waals surface area contributed by atoms with Crippen LogP contribution in [0.15, 0.2) is 90.6 Å². The third-order valence-corrected chi connectivity index (χ3v) is 3.63. The van der Waals surface area contributed by atoms with Crippen molar-refractivity contribution in [3.8, 4) is 11.5 Å². The molecule has 0 saturated heterocycles. The molecular weight excluding hydrogens is 284 g/mol. The van der Waals surface area contributed by atoms with Gasteiger partial charge in [-0.3, -0.25) is 0 Å². The Morgan fingerprint density at radius 2 is 1.57 bits per heavy atom. The molecule has 0 spiro atoms. The van der Waals surface area contributed by atoms with Gasteiger partial charge in [-0.05, 0) is 12.1 Å². The fourth-order valence-electron chi connectivity index (χ4n) is 2.38. The average Bonchev–Trinajstić information content (AvgIpc) is 3.13. The number of rotatable bonds is 6. The molecule has 23 heavy (non-hydrogen) atoms. The standard InChI is InChI=1S/C21H19O2/c1-22-20-13-11-18(12-14-20)19(15-17-7-5-6-8-17)16-23-21-9-3-2-4-10-21/h2-15H,16H2,1H3/q-1. The van der Waals surface area contributed by atoms with Crippen LogP contribution in [-0.2, 0) is 0 Å². The summed E-state index contributed by atoms with van der Waals surface area (Å²) in [7, 11) is 1.67. The Morgan fingerprint density at radius 1 is 0.870 bits per heavy atom. The zero-order chi connectivity index (χ0) is 15.9. The molecule has 0 N–H and O–H groups in total. The molecule has 1 aliphatic carbocycles. The predicted molar refractivity (Wildman–Crippen MR) is 93.6 cm³/mol. The van der Waals surface area contributed by atoms with E-state index in [4.69, 9.17) is 9.47 Å². The zero-order valence-electron chi connectivity index (χ0n) is 13.1. The first kappa shape index (κ1) is 15.0. The van der Waals surface area contributed by atoms with Gasteiger partial charge < -0.3 is 9.47 Å². The summed E-state index contributed by atoms with van der Waals surface area (Å²) in [4.78, 5) is 0. The van der Waals surface area contributed by atoms with Crippen molar-refractivity contribution in [3.63, 3.8) is 0 Å². The summed E-state index contributed by atoms with van der Waals surface area (Å²) in [6.07, 6.45) is 10.4. The van der Waals surface area contributed by atoms with Gasteiger partial charge in [0.15, 0.2) is 0 Å². The van der Waals surface area contributed by atoms with Crippen LogP contribution in [0.5, 0.6) is 11.5 Å². The Morgan fingerprint density at radius 3 is 2.22 bits per heavy atom. The fourth-order valence-corrected chi connectivity index (χ4v) is 2.38. The van der Waals surface area contributed by atoms with Crippen LogP contribution < -0.4 is 9.47 Å². The van der Waals surface area contributed by atoms with Crippen LogP contribution in [0.2, 0.25) is 0 Å². The van der Waals surface area contributed by atoms with E-state index in [1.54, 1.807) is 7.11 Å². The summed E-state index contributed by atoms with van der Waals surface area (Å²) >= 11 is 0. The van der Waals surface area contributed by atoms with Crippen molar-refractivity contribution in [3.05, 3.63) is 102 Å². The van der Waals surface area contributed by atoms with E-state index in [0.29, 0.717) is 6.61 Å². The van der Waals surface area contributed by atoms with Crippen molar-refractivity contribution in [2.24, 2.45) is 0 Å². The van der Waals surface area contributed by atoms with E-state index in [2.05, 4.69) is 30.4 Å². The third kappa shape index (κ3) is 4.07. The van der Waals surface area contributed by atoms with Gasteiger partial charge >= 0.3 is 0 Å². The zero-order valence-corrected chi connectivity index (χ0v) is 13.1. The number of hydrogen-bond donors (Lipinski definition) is 0. The molecular formula is C21H19O2-. The molecule has 0 saturated carbocycles. The molecule has 0 atom stereocenters. The van der Waals surface area contributed by atoms with Crippen molar-refractivity contribution < 1.29 is 9.47 Å². The first-order chi connectivity index (χ1) is 11.3. The van der Waals surface area contributed by atoms with Crippen molar-refractivity contribution >= 4 is 0 Å². The first-order valence-electron chi connectivity index (χ1n) is 7.60. The van der Waals surface area contributed by atoms with E-state index in [-0.39, 0.29) is 0 Å². The highest BCUT2D eigenvalue weighted by Crippen LogP contribution is 2.24. The molecule has 2 nitrogen and oxygen atoms in total. The summed E-state index contributed by atoms with van der Waals surface area (Å²) in [5.41, 5.74) is 2.30. The van der Waals surface area contributed by atoms with Gasteiger partial charge in [-0.2, -0.15) is 0 Å². The topological polar surface area (TPSA) is 18.5 Å². The van der Waals surface area contributed by atoms with E-state index in [1.807, 2.05) is 54.6 Å². The molecule has 0 amide bonds. The third-order valence-electron chi connectivity index (χ3n) is 3.63. The van der Waals surface area contributed by atoms with Crippen molar-refractivity contribution in [2.75, 3.05) is 13.7 Å². The molecule has 2 heteroatoms. The number of methoxy groups -OCH3 is 1. The van der Waals surface area contributed by atoms with E-state index in [0.717, 1.165) is 23.0 Å². The second-order valence-corrected chi connectivity index (χ2v) is 5.22. The molecule has 0 heterocycles. The fraction of sp³-hybridized carbons (Fsp3) is 0.0952. The minimum absolute atomic E-state index is 0.515. The van der Waals surface area contributed by atoms with Crippen LogP contribution >= 0.6 is 0 Å². The molecule has 2 aromatic carbocycles. The average molecular weight is 303 g/mol. The van der Waals surface area contributed by atoms with Gasteiger partial charge in [0, 0.05) is 0 Å². The Balaban J connectivity index is 1.79. The lowest BCUT2D eigenvalue weighted by atomic mass is 9.97. The first-order valence-corrected chi connectivity index (χ1v) is 7.60. The molecule has 0 unspecified atom stereocenters.